The first-order valence-electron chi connectivity index (χ1n) is 6.59. The summed E-state index contributed by atoms with van der Waals surface area (Å²) in [6.07, 6.45) is 1.49. The van der Waals surface area contributed by atoms with Gasteiger partial charge in [0.2, 0.25) is 0 Å². The molecule has 0 atom stereocenters. The van der Waals surface area contributed by atoms with Crippen LogP contribution in [-0.2, 0) is 10.0 Å². The maximum absolute atomic E-state index is 12.6. The molecule has 3 aromatic rings. The number of rotatable bonds is 4. The molecule has 0 fully saturated rings. The summed E-state index contributed by atoms with van der Waals surface area (Å²) in [6, 6.07) is 13.8. The molecule has 1 heterocycles. The zero-order valence-corrected chi connectivity index (χ0v) is 12.5. The number of benzene rings is 2. The molecule has 0 amide bonds. The van der Waals surface area contributed by atoms with Crippen LogP contribution in [0.5, 0.6) is 0 Å². The van der Waals surface area contributed by atoms with Crippen molar-refractivity contribution in [3.63, 3.8) is 0 Å². The van der Waals surface area contributed by atoms with Gasteiger partial charge in [0.1, 0.15) is 10.6 Å². The normalized spacial score (nSPS) is 11.3. The molecule has 1 aromatic heterocycles. The second kappa shape index (κ2) is 5.65. The Morgan fingerprint density at radius 1 is 1.00 bits per heavy atom. The fourth-order valence-electron chi connectivity index (χ4n) is 2.21. The van der Waals surface area contributed by atoms with Crippen LogP contribution >= 0.6 is 0 Å². The predicted molar refractivity (Wildman–Crippen MR) is 85.6 cm³/mol. The Hall–Kier alpha value is -3.00. The lowest BCUT2D eigenvalue weighted by Gasteiger charge is -2.10. The summed E-state index contributed by atoms with van der Waals surface area (Å²) in [4.78, 5) is 14.4. The highest BCUT2D eigenvalue weighted by atomic mass is 32.2. The summed E-state index contributed by atoms with van der Waals surface area (Å²) in [7, 11) is -4.01. The van der Waals surface area contributed by atoms with E-state index in [1.165, 1.54) is 36.5 Å². The molecule has 0 saturated carbocycles. The molecule has 0 aliphatic rings. The van der Waals surface area contributed by atoms with Gasteiger partial charge in [0.25, 0.3) is 15.7 Å². The van der Waals surface area contributed by atoms with Crippen LogP contribution in [-0.4, -0.2) is 18.3 Å². The molecule has 0 radical (unpaired) electrons. The highest BCUT2D eigenvalue weighted by Crippen LogP contribution is 2.28. The lowest BCUT2D eigenvalue weighted by atomic mass is 10.2. The maximum Gasteiger partial charge on any atom is 0.293 e. The molecule has 1 N–H and O–H groups in total. The topological polar surface area (TPSA) is 102 Å². The molecule has 8 heteroatoms. The minimum absolute atomic E-state index is 0.0336. The van der Waals surface area contributed by atoms with Crippen molar-refractivity contribution in [2.75, 3.05) is 4.72 Å². The average molecular weight is 329 g/mol. The van der Waals surface area contributed by atoms with Crippen molar-refractivity contribution in [3.8, 4) is 0 Å². The van der Waals surface area contributed by atoms with Crippen molar-refractivity contribution < 1.29 is 13.3 Å². The number of hydrogen-bond acceptors (Lipinski definition) is 5. The van der Waals surface area contributed by atoms with E-state index in [4.69, 9.17) is 0 Å². The van der Waals surface area contributed by atoms with Gasteiger partial charge in [-0.1, -0.05) is 30.3 Å². The number of para-hydroxylation sites is 3. The summed E-state index contributed by atoms with van der Waals surface area (Å²) in [5.74, 6) is 0. The highest BCUT2D eigenvalue weighted by molar-refractivity contribution is 7.93. The van der Waals surface area contributed by atoms with E-state index < -0.39 is 14.9 Å². The summed E-state index contributed by atoms with van der Waals surface area (Å²) in [6.45, 7) is 0. The first kappa shape index (κ1) is 14.9. The number of nitro groups is 1. The molecule has 0 unspecified atom stereocenters. The first-order valence-corrected chi connectivity index (χ1v) is 8.07. The van der Waals surface area contributed by atoms with Crippen LogP contribution in [0.25, 0.3) is 10.9 Å². The number of nitrogens with one attached hydrogen (secondary N) is 1. The Kier molecular flexibility index (Phi) is 3.67. The van der Waals surface area contributed by atoms with Gasteiger partial charge in [-0.2, -0.15) is 0 Å². The fourth-order valence-corrected chi connectivity index (χ4v) is 3.47. The molecule has 3 rings (SSSR count). The summed E-state index contributed by atoms with van der Waals surface area (Å²) >= 11 is 0. The van der Waals surface area contributed by atoms with Crippen LogP contribution in [0, 0.1) is 10.1 Å². The molecule has 23 heavy (non-hydrogen) atoms. The van der Waals surface area contributed by atoms with Crippen LogP contribution < -0.4 is 4.72 Å². The summed E-state index contributed by atoms with van der Waals surface area (Å²) < 4.78 is 27.5. The number of nitro benzene ring substituents is 1. The van der Waals surface area contributed by atoms with Gasteiger partial charge in [0.15, 0.2) is 0 Å². The van der Waals surface area contributed by atoms with E-state index >= 15 is 0 Å². The molecule has 0 spiro atoms. The van der Waals surface area contributed by atoms with Gasteiger partial charge >= 0.3 is 0 Å². The summed E-state index contributed by atoms with van der Waals surface area (Å²) in [5.41, 5.74) is -0.101. The molecule has 0 aliphatic heterocycles. The van der Waals surface area contributed by atoms with Gasteiger partial charge in [-0.3, -0.25) is 19.8 Å². The van der Waals surface area contributed by atoms with Crippen LogP contribution in [0.3, 0.4) is 0 Å². The predicted octanol–water partition coefficient (Wildman–Crippen LogP) is 2.94. The van der Waals surface area contributed by atoms with Crippen LogP contribution in [0.2, 0.25) is 0 Å². The third-order valence-electron chi connectivity index (χ3n) is 3.23. The van der Waals surface area contributed by atoms with Gasteiger partial charge in [-0.25, -0.2) is 8.42 Å². The number of anilines is 1. The van der Waals surface area contributed by atoms with Gasteiger partial charge in [0.05, 0.1) is 10.4 Å². The molecule has 2 aromatic carbocycles. The van der Waals surface area contributed by atoms with E-state index in [2.05, 4.69) is 9.71 Å². The second-order valence-electron chi connectivity index (χ2n) is 4.71. The molecular weight excluding hydrogens is 318 g/mol. The Balaban J connectivity index is 2.11. The van der Waals surface area contributed by atoms with Crippen LogP contribution in [0.15, 0.2) is 65.7 Å². The van der Waals surface area contributed by atoms with E-state index in [1.807, 2.05) is 0 Å². The smallest absolute Gasteiger partial charge is 0.273 e. The minimum atomic E-state index is -4.01. The summed E-state index contributed by atoms with van der Waals surface area (Å²) in [5, 5.41) is 11.7. The zero-order valence-electron chi connectivity index (χ0n) is 11.7. The lowest BCUT2D eigenvalue weighted by molar-refractivity contribution is -0.383. The number of sulfonamides is 1. The number of fused-ring (bicyclic) bond motifs is 1. The van der Waals surface area contributed by atoms with E-state index in [0.29, 0.717) is 10.9 Å². The Morgan fingerprint density at radius 3 is 2.52 bits per heavy atom. The second-order valence-corrected chi connectivity index (χ2v) is 6.36. The third kappa shape index (κ3) is 2.84. The van der Waals surface area contributed by atoms with Gasteiger partial charge in [-0.05, 0) is 18.2 Å². The van der Waals surface area contributed by atoms with Crippen molar-refractivity contribution in [3.05, 3.63) is 70.9 Å². The van der Waals surface area contributed by atoms with Crippen molar-refractivity contribution in [2.24, 2.45) is 0 Å². The number of pyridine rings is 1. The molecule has 0 bridgehead atoms. The number of hydrogen-bond donors (Lipinski definition) is 1. The van der Waals surface area contributed by atoms with Gasteiger partial charge in [0, 0.05) is 17.6 Å². The quantitative estimate of drug-likeness (QED) is 0.585. The van der Waals surface area contributed by atoms with Crippen molar-refractivity contribution >= 4 is 32.3 Å². The minimum Gasteiger partial charge on any atom is -0.273 e. The van der Waals surface area contributed by atoms with Crippen molar-refractivity contribution in [1.82, 2.24) is 4.98 Å². The monoisotopic (exact) mass is 329 g/mol. The lowest BCUT2D eigenvalue weighted by Crippen LogP contribution is -2.14. The Bertz CT molecular complexity index is 997. The number of nitrogens with zero attached hydrogens (tertiary/aromatic N) is 2. The van der Waals surface area contributed by atoms with Crippen molar-refractivity contribution in [1.29, 1.82) is 0 Å². The molecule has 0 aliphatic carbocycles. The fraction of sp³-hybridized carbons (Fsp3) is 0. The van der Waals surface area contributed by atoms with Gasteiger partial charge < -0.3 is 0 Å². The SMILES string of the molecule is O=[N+]([O-])c1ccccc1NS(=O)(=O)c1cccc2cccnc12. The first-order chi connectivity index (χ1) is 11.0. The van der Waals surface area contributed by atoms with Crippen LogP contribution in [0.1, 0.15) is 0 Å². The molecular formula is C15H11N3O4S. The van der Waals surface area contributed by atoms with E-state index in [0.717, 1.165) is 0 Å². The maximum atomic E-state index is 12.6. The van der Waals surface area contributed by atoms with E-state index in [1.54, 1.807) is 24.3 Å². The highest BCUT2D eigenvalue weighted by Gasteiger charge is 2.22. The Morgan fingerprint density at radius 2 is 1.74 bits per heavy atom. The zero-order chi connectivity index (χ0) is 16.4. The van der Waals surface area contributed by atoms with Crippen LogP contribution in [0.4, 0.5) is 11.4 Å². The standard InChI is InChI=1S/C15H11N3O4S/c19-18(20)13-8-2-1-7-12(13)17-23(21,22)14-9-3-5-11-6-4-10-16-15(11)14/h1-10,17H. The molecule has 116 valence electrons. The third-order valence-corrected chi connectivity index (χ3v) is 4.63. The number of aromatic nitrogens is 1. The van der Waals surface area contributed by atoms with Crippen molar-refractivity contribution in [2.45, 2.75) is 4.90 Å². The average Bonchev–Trinajstić information content (AvgIpc) is 2.54. The van der Waals surface area contributed by atoms with Gasteiger partial charge in [-0.15, -0.1) is 0 Å². The molecule has 0 saturated heterocycles. The molecule has 7 nitrogen and oxygen atoms in total. The van der Waals surface area contributed by atoms with E-state index in [9.17, 15) is 18.5 Å². The largest absolute Gasteiger partial charge is 0.293 e. The van der Waals surface area contributed by atoms with E-state index in [-0.39, 0.29) is 16.3 Å². The Labute approximate surface area is 131 Å².